The third kappa shape index (κ3) is 4.34. The Morgan fingerprint density at radius 2 is 1.91 bits per heavy atom. The number of rotatable bonds is 7. The first kappa shape index (κ1) is 21.5. The molecule has 0 spiro atoms. The molecule has 32 heavy (non-hydrogen) atoms. The van der Waals surface area contributed by atoms with Crippen molar-refractivity contribution in [2.45, 2.75) is 52.2 Å². The normalized spacial score (nSPS) is 15.1. The molecule has 8 nitrogen and oxygen atoms in total. The maximum atomic E-state index is 13.1. The van der Waals surface area contributed by atoms with Crippen LogP contribution in [-0.4, -0.2) is 27.7 Å². The first-order valence-electron chi connectivity index (χ1n) is 10.9. The molecule has 2 heterocycles. The molecule has 0 aliphatic carbocycles. The standard InChI is InChI=1S/C24H26N4O4/c1-3-4-5-8-13-28-24(31)18-10-7-6-9-17(18)21(27-28)23(30)25-16-11-12-20-19(14-16)26-22(29)15(2)32-20/h6-7,9-12,14-15H,3-5,8,13H2,1-2H3,(H,25,30)(H,26,29). The predicted octanol–water partition coefficient (Wildman–Crippen LogP) is 3.95. The van der Waals surface area contributed by atoms with Gasteiger partial charge in [-0.15, -0.1) is 0 Å². The average molecular weight is 434 g/mol. The van der Waals surface area contributed by atoms with E-state index in [4.69, 9.17) is 4.74 Å². The fraction of sp³-hybridized carbons (Fsp3) is 0.333. The Labute approximate surface area is 185 Å². The molecular weight excluding hydrogens is 408 g/mol. The third-order valence-corrected chi connectivity index (χ3v) is 5.47. The van der Waals surface area contributed by atoms with Crippen molar-refractivity contribution in [2.24, 2.45) is 0 Å². The maximum Gasteiger partial charge on any atom is 0.276 e. The summed E-state index contributed by atoms with van der Waals surface area (Å²) in [6, 6.07) is 12.0. The van der Waals surface area contributed by atoms with Gasteiger partial charge in [0.15, 0.2) is 11.8 Å². The molecule has 166 valence electrons. The smallest absolute Gasteiger partial charge is 0.276 e. The molecule has 0 radical (unpaired) electrons. The predicted molar refractivity (Wildman–Crippen MR) is 123 cm³/mol. The molecule has 1 atom stereocenters. The zero-order valence-corrected chi connectivity index (χ0v) is 18.2. The highest BCUT2D eigenvalue weighted by Crippen LogP contribution is 2.32. The minimum absolute atomic E-state index is 0.183. The van der Waals surface area contributed by atoms with E-state index in [1.165, 1.54) is 4.68 Å². The number of hydrogen-bond acceptors (Lipinski definition) is 5. The van der Waals surface area contributed by atoms with Crippen LogP contribution in [-0.2, 0) is 11.3 Å². The minimum Gasteiger partial charge on any atom is -0.479 e. The molecule has 8 heteroatoms. The number of unbranched alkanes of at least 4 members (excludes halogenated alkanes) is 3. The van der Waals surface area contributed by atoms with Crippen LogP contribution in [0.5, 0.6) is 5.75 Å². The lowest BCUT2D eigenvalue weighted by Gasteiger charge is -2.23. The zero-order valence-electron chi connectivity index (χ0n) is 18.2. The second-order valence-corrected chi connectivity index (χ2v) is 7.90. The van der Waals surface area contributed by atoms with Gasteiger partial charge in [-0.3, -0.25) is 14.4 Å². The molecule has 2 aromatic carbocycles. The van der Waals surface area contributed by atoms with E-state index in [0.29, 0.717) is 34.4 Å². The second kappa shape index (κ2) is 9.21. The van der Waals surface area contributed by atoms with E-state index in [9.17, 15) is 14.4 Å². The molecule has 1 aliphatic rings. The van der Waals surface area contributed by atoms with E-state index < -0.39 is 12.0 Å². The number of nitrogens with zero attached hydrogens (tertiary/aromatic N) is 2. The van der Waals surface area contributed by atoms with Crippen molar-refractivity contribution in [2.75, 3.05) is 10.6 Å². The van der Waals surface area contributed by atoms with Crippen molar-refractivity contribution < 1.29 is 14.3 Å². The first-order valence-corrected chi connectivity index (χ1v) is 10.9. The van der Waals surface area contributed by atoms with E-state index in [1.54, 1.807) is 49.4 Å². The number of amides is 2. The maximum absolute atomic E-state index is 13.1. The van der Waals surface area contributed by atoms with Gasteiger partial charge in [-0.1, -0.05) is 44.4 Å². The van der Waals surface area contributed by atoms with Crippen molar-refractivity contribution in [3.05, 3.63) is 58.5 Å². The SMILES string of the molecule is CCCCCCn1nc(C(=O)Nc2ccc3c(c2)NC(=O)C(C)O3)c2ccccc2c1=O. The number of nitrogens with one attached hydrogen (secondary N) is 2. The molecule has 0 fully saturated rings. The van der Waals surface area contributed by atoms with Gasteiger partial charge in [0, 0.05) is 17.6 Å². The van der Waals surface area contributed by atoms with Gasteiger partial charge in [0.05, 0.1) is 11.1 Å². The van der Waals surface area contributed by atoms with Crippen molar-refractivity contribution >= 4 is 34.0 Å². The lowest BCUT2D eigenvalue weighted by atomic mass is 10.1. The highest BCUT2D eigenvalue weighted by Gasteiger charge is 2.24. The van der Waals surface area contributed by atoms with Crippen LogP contribution in [0.1, 0.15) is 50.0 Å². The number of aryl methyl sites for hydroxylation is 1. The lowest BCUT2D eigenvalue weighted by Crippen LogP contribution is -2.34. The van der Waals surface area contributed by atoms with Gasteiger partial charge in [0.1, 0.15) is 5.75 Å². The Kier molecular flexibility index (Phi) is 6.20. The Morgan fingerprint density at radius 1 is 1.12 bits per heavy atom. The number of carbonyl (C=O) groups excluding carboxylic acids is 2. The van der Waals surface area contributed by atoms with Crippen LogP contribution >= 0.6 is 0 Å². The van der Waals surface area contributed by atoms with Gasteiger partial charge in [-0.25, -0.2) is 4.68 Å². The highest BCUT2D eigenvalue weighted by atomic mass is 16.5. The number of ether oxygens (including phenoxy) is 1. The summed E-state index contributed by atoms with van der Waals surface area (Å²) in [5.74, 6) is -0.136. The number of carbonyl (C=O) groups is 2. The quantitative estimate of drug-likeness (QED) is 0.548. The molecular formula is C24H26N4O4. The molecule has 2 amide bonds. The summed E-state index contributed by atoms with van der Waals surface area (Å²) in [5.41, 5.74) is 0.960. The fourth-order valence-corrected chi connectivity index (χ4v) is 3.72. The molecule has 1 aliphatic heterocycles. The Morgan fingerprint density at radius 3 is 2.69 bits per heavy atom. The summed E-state index contributed by atoms with van der Waals surface area (Å²) in [6.45, 7) is 4.26. The fourth-order valence-electron chi connectivity index (χ4n) is 3.72. The summed E-state index contributed by atoms with van der Waals surface area (Å²) >= 11 is 0. The molecule has 0 bridgehead atoms. The first-order chi connectivity index (χ1) is 15.5. The van der Waals surface area contributed by atoms with Gasteiger partial charge < -0.3 is 15.4 Å². The van der Waals surface area contributed by atoms with Gasteiger partial charge in [-0.05, 0) is 37.6 Å². The average Bonchev–Trinajstić information content (AvgIpc) is 2.79. The monoisotopic (exact) mass is 434 g/mol. The van der Waals surface area contributed by atoms with Gasteiger partial charge in [-0.2, -0.15) is 5.10 Å². The summed E-state index contributed by atoms with van der Waals surface area (Å²) in [5, 5.41) is 11.0. The van der Waals surface area contributed by atoms with Crippen LogP contribution < -0.4 is 20.9 Å². The Hall–Kier alpha value is -3.68. The molecule has 1 unspecified atom stereocenters. The van der Waals surface area contributed by atoms with E-state index in [0.717, 1.165) is 25.7 Å². The van der Waals surface area contributed by atoms with E-state index in [-0.39, 0.29) is 17.2 Å². The topological polar surface area (TPSA) is 102 Å². The summed E-state index contributed by atoms with van der Waals surface area (Å²) < 4.78 is 6.94. The van der Waals surface area contributed by atoms with Crippen molar-refractivity contribution in [3.63, 3.8) is 0 Å². The van der Waals surface area contributed by atoms with Crippen LogP contribution in [0.2, 0.25) is 0 Å². The van der Waals surface area contributed by atoms with E-state index in [1.807, 2.05) is 0 Å². The second-order valence-electron chi connectivity index (χ2n) is 7.90. The van der Waals surface area contributed by atoms with E-state index in [2.05, 4.69) is 22.7 Å². The molecule has 0 saturated heterocycles. The number of anilines is 2. The van der Waals surface area contributed by atoms with Crippen molar-refractivity contribution in [1.82, 2.24) is 9.78 Å². The lowest BCUT2D eigenvalue weighted by molar-refractivity contribution is -0.122. The van der Waals surface area contributed by atoms with Crippen LogP contribution in [0.15, 0.2) is 47.3 Å². The van der Waals surface area contributed by atoms with Crippen LogP contribution in [0, 0.1) is 0 Å². The van der Waals surface area contributed by atoms with Gasteiger partial charge >= 0.3 is 0 Å². The number of hydrogen-bond donors (Lipinski definition) is 2. The molecule has 2 N–H and O–H groups in total. The minimum atomic E-state index is -0.572. The van der Waals surface area contributed by atoms with Gasteiger partial charge in [0.2, 0.25) is 0 Å². The third-order valence-electron chi connectivity index (χ3n) is 5.47. The van der Waals surface area contributed by atoms with Crippen LogP contribution in [0.4, 0.5) is 11.4 Å². The van der Waals surface area contributed by atoms with Crippen molar-refractivity contribution in [1.29, 1.82) is 0 Å². The summed E-state index contributed by atoms with van der Waals surface area (Å²) in [4.78, 5) is 37.9. The molecule has 1 aromatic heterocycles. The Balaban J connectivity index is 1.63. The van der Waals surface area contributed by atoms with Gasteiger partial charge in [0.25, 0.3) is 17.4 Å². The highest BCUT2D eigenvalue weighted by molar-refractivity contribution is 6.11. The number of aromatic nitrogens is 2. The molecule has 0 saturated carbocycles. The number of fused-ring (bicyclic) bond motifs is 2. The summed E-state index contributed by atoms with van der Waals surface area (Å²) in [7, 11) is 0. The number of benzene rings is 2. The van der Waals surface area contributed by atoms with Crippen molar-refractivity contribution in [3.8, 4) is 5.75 Å². The molecule has 4 rings (SSSR count). The Bertz CT molecular complexity index is 1230. The van der Waals surface area contributed by atoms with Crippen LogP contribution in [0.3, 0.4) is 0 Å². The zero-order chi connectivity index (χ0) is 22.7. The largest absolute Gasteiger partial charge is 0.479 e. The van der Waals surface area contributed by atoms with Crippen LogP contribution in [0.25, 0.3) is 10.8 Å². The van der Waals surface area contributed by atoms with E-state index >= 15 is 0 Å². The summed E-state index contributed by atoms with van der Waals surface area (Å²) in [6.07, 6.45) is 3.44. The molecule has 3 aromatic rings.